The van der Waals surface area contributed by atoms with Gasteiger partial charge in [-0.05, 0) is 54.6 Å². The largest absolute Gasteiger partial charge is 0.435 e. The summed E-state index contributed by atoms with van der Waals surface area (Å²) in [5.74, 6) is -1.36. The molecule has 1 saturated heterocycles. The van der Waals surface area contributed by atoms with E-state index in [1.165, 1.54) is 30.6 Å². The van der Waals surface area contributed by atoms with Crippen molar-refractivity contribution in [3.05, 3.63) is 72.4 Å². The number of benzene rings is 2. The number of sulfonamides is 1. The number of carbonyl (C=O) groups excluding carboxylic acids is 1. The van der Waals surface area contributed by atoms with Gasteiger partial charge in [0.05, 0.1) is 22.8 Å². The molecule has 0 radical (unpaired) electrons. The van der Waals surface area contributed by atoms with Crippen molar-refractivity contribution < 1.29 is 35.5 Å². The maximum absolute atomic E-state index is 14.2. The van der Waals surface area contributed by atoms with E-state index in [-0.39, 0.29) is 23.6 Å². The first-order chi connectivity index (χ1) is 17.1. The number of amides is 1. The molecule has 0 saturated carbocycles. The van der Waals surface area contributed by atoms with E-state index in [0.717, 1.165) is 28.6 Å². The van der Waals surface area contributed by atoms with Gasteiger partial charge in [-0.2, -0.15) is 13.1 Å². The summed E-state index contributed by atoms with van der Waals surface area (Å²) in [6, 6.07) is 10.1. The molecule has 0 spiro atoms. The quantitative estimate of drug-likeness (QED) is 0.454. The van der Waals surface area contributed by atoms with Crippen LogP contribution < -0.4 is 10.1 Å². The van der Waals surface area contributed by atoms with Crippen LogP contribution in [0.3, 0.4) is 0 Å². The lowest BCUT2D eigenvalue weighted by molar-refractivity contribution is -0.124. The van der Waals surface area contributed by atoms with Crippen molar-refractivity contribution in [3.63, 3.8) is 0 Å². The topological polar surface area (TPSA) is 101 Å². The molecule has 0 bridgehead atoms. The Morgan fingerprint density at radius 2 is 1.81 bits per heavy atom. The molecule has 1 aliphatic rings. The molecule has 1 aliphatic heterocycles. The van der Waals surface area contributed by atoms with Crippen LogP contribution in [0.5, 0.6) is 5.75 Å². The number of halogens is 4. The molecule has 190 valence electrons. The lowest BCUT2D eigenvalue weighted by Gasteiger charge is -2.23. The van der Waals surface area contributed by atoms with Crippen LogP contribution in [0.15, 0.2) is 65.8 Å². The fourth-order valence-electron chi connectivity index (χ4n) is 3.76. The van der Waals surface area contributed by atoms with Gasteiger partial charge in [0.2, 0.25) is 15.9 Å². The molecule has 3 aromatic rings. The van der Waals surface area contributed by atoms with Crippen molar-refractivity contribution in [2.45, 2.75) is 36.7 Å². The summed E-state index contributed by atoms with van der Waals surface area (Å²) >= 11 is 0. The Morgan fingerprint density at radius 3 is 2.47 bits per heavy atom. The number of aromatic nitrogens is 2. The average molecular weight is 524 g/mol. The zero-order valence-electron chi connectivity index (χ0n) is 18.5. The van der Waals surface area contributed by atoms with E-state index in [1.54, 1.807) is 6.07 Å². The fraction of sp³-hybridized carbons (Fsp3) is 0.261. The van der Waals surface area contributed by atoms with Crippen LogP contribution in [0.4, 0.5) is 17.6 Å². The van der Waals surface area contributed by atoms with Gasteiger partial charge in [-0.3, -0.25) is 4.79 Å². The van der Waals surface area contributed by atoms with Crippen molar-refractivity contribution in [1.29, 1.82) is 0 Å². The van der Waals surface area contributed by atoms with Crippen LogP contribution in [0.25, 0.3) is 11.3 Å². The molecule has 2 aromatic carbocycles. The predicted molar refractivity (Wildman–Crippen MR) is 120 cm³/mol. The van der Waals surface area contributed by atoms with Crippen LogP contribution in [0.2, 0.25) is 0 Å². The molecule has 1 fully saturated rings. The second-order valence-corrected chi connectivity index (χ2v) is 9.78. The van der Waals surface area contributed by atoms with Gasteiger partial charge in [-0.25, -0.2) is 27.2 Å². The van der Waals surface area contributed by atoms with Gasteiger partial charge in [0.15, 0.2) is 0 Å². The highest BCUT2D eigenvalue weighted by Crippen LogP contribution is 2.28. The summed E-state index contributed by atoms with van der Waals surface area (Å²) in [5.41, 5.74) is 1.41. The highest BCUT2D eigenvalue weighted by molar-refractivity contribution is 7.89. The SMILES string of the molecule is O=C(NCc1cc(-c2ccc(OC(F)F)cc2)ncn1)C1CC(F)CN1S(=O)(=O)c1ccc(F)cc1. The number of alkyl halides is 3. The molecule has 2 heterocycles. The number of nitrogens with zero attached hydrogens (tertiary/aromatic N) is 3. The molecule has 13 heteroatoms. The molecular formula is C23H20F4N4O4S. The van der Waals surface area contributed by atoms with Crippen LogP contribution in [0.1, 0.15) is 12.1 Å². The minimum absolute atomic E-state index is 0.0156. The molecule has 2 unspecified atom stereocenters. The van der Waals surface area contributed by atoms with E-state index in [9.17, 15) is 30.8 Å². The smallest absolute Gasteiger partial charge is 0.387 e. The van der Waals surface area contributed by atoms with E-state index in [1.807, 2.05) is 0 Å². The first kappa shape index (κ1) is 25.5. The third kappa shape index (κ3) is 5.79. The summed E-state index contributed by atoms with van der Waals surface area (Å²) in [7, 11) is -4.24. The van der Waals surface area contributed by atoms with Crippen molar-refractivity contribution in [2.24, 2.45) is 0 Å². The maximum Gasteiger partial charge on any atom is 0.387 e. The summed E-state index contributed by atoms with van der Waals surface area (Å²) in [5, 5.41) is 2.57. The van der Waals surface area contributed by atoms with E-state index in [2.05, 4.69) is 20.0 Å². The summed E-state index contributed by atoms with van der Waals surface area (Å²) in [6.45, 7) is -3.54. The lowest BCUT2D eigenvalue weighted by Crippen LogP contribution is -2.45. The minimum atomic E-state index is -4.24. The first-order valence-corrected chi connectivity index (χ1v) is 12.1. The van der Waals surface area contributed by atoms with Crippen molar-refractivity contribution in [3.8, 4) is 17.0 Å². The van der Waals surface area contributed by atoms with Crippen LogP contribution in [-0.2, 0) is 21.4 Å². The molecule has 36 heavy (non-hydrogen) atoms. The maximum atomic E-state index is 14.2. The Kier molecular flexibility index (Phi) is 7.50. The number of rotatable bonds is 8. The van der Waals surface area contributed by atoms with Gasteiger partial charge in [0.1, 0.15) is 30.1 Å². The fourth-order valence-corrected chi connectivity index (χ4v) is 5.38. The molecule has 1 N–H and O–H groups in total. The molecule has 4 rings (SSSR count). The summed E-state index contributed by atoms with van der Waals surface area (Å²) < 4.78 is 83.0. The highest BCUT2D eigenvalue weighted by Gasteiger charge is 2.44. The second-order valence-electron chi connectivity index (χ2n) is 7.89. The predicted octanol–water partition coefficient (Wildman–Crippen LogP) is 3.30. The number of carbonyl (C=O) groups is 1. The number of hydrogen-bond acceptors (Lipinski definition) is 6. The highest BCUT2D eigenvalue weighted by atomic mass is 32.2. The third-order valence-electron chi connectivity index (χ3n) is 5.47. The molecule has 2 atom stereocenters. The van der Waals surface area contributed by atoms with Gasteiger partial charge in [0, 0.05) is 18.5 Å². The van der Waals surface area contributed by atoms with Crippen LogP contribution >= 0.6 is 0 Å². The Labute approximate surface area is 204 Å². The van der Waals surface area contributed by atoms with E-state index >= 15 is 0 Å². The Bertz CT molecular complexity index is 1320. The van der Waals surface area contributed by atoms with Crippen molar-refractivity contribution in [1.82, 2.24) is 19.6 Å². The van der Waals surface area contributed by atoms with Gasteiger partial charge in [-0.15, -0.1) is 0 Å². The Morgan fingerprint density at radius 1 is 1.11 bits per heavy atom. The molecular weight excluding hydrogens is 504 g/mol. The minimum Gasteiger partial charge on any atom is -0.435 e. The van der Waals surface area contributed by atoms with Gasteiger partial charge < -0.3 is 10.1 Å². The van der Waals surface area contributed by atoms with E-state index < -0.39 is 47.1 Å². The second kappa shape index (κ2) is 10.6. The zero-order valence-corrected chi connectivity index (χ0v) is 19.3. The normalized spacial score (nSPS) is 18.4. The lowest BCUT2D eigenvalue weighted by atomic mass is 10.1. The van der Waals surface area contributed by atoms with Crippen LogP contribution in [-0.4, -0.2) is 54.0 Å². The van der Waals surface area contributed by atoms with E-state index in [0.29, 0.717) is 17.0 Å². The molecule has 8 nitrogen and oxygen atoms in total. The van der Waals surface area contributed by atoms with Gasteiger partial charge in [0.25, 0.3) is 0 Å². The number of hydrogen-bond donors (Lipinski definition) is 1. The Balaban J connectivity index is 1.45. The summed E-state index contributed by atoms with van der Waals surface area (Å²) in [4.78, 5) is 20.8. The zero-order chi connectivity index (χ0) is 25.9. The number of nitrogens with one attached hydrogen (secondary N) is 1. The molecule has 1 amide bonds. The standard InChI is InChI=1S/C23H20F4N4O4S/c24-15-3-7-19(8-4-15)36(33,34)31-12-16(25)9-21(31)22(32)28-11-17-10-20(30-13-29-17)14-1-5-18(6-2-14)35-23(26)27/h1-8,10,13,16,21,23H,9,11-12H2,(H,28,32). The van der Waals surface area contributed by atoms with E-state index in [4.69, 9.17) is 0 Å². The van der Waals surface area contributed by atoms with Crippen molar-refractivity contribution >= 4 is 15.9 Å². The molecule has 0 aliphatic carbocycles. The van der Waals surface area contributed by atoms with Crippen LogP contribution in [0, 0.1) is 5.82 Å². The van der Waals surface area contributed by atoms with Gasteiger partial charge in [-0.1, -0.05) is 0 Å². The summed E-state index contributed by atoms with van der Waals surface area (Å²) in [6.07, 6.45) is -0.619. The number of ether oxygens (including phenoxy) is 1. The van der Waals surface area contributed by atoms with Gasteiger partial charge >= 0.3 is 6.61 Å². The van der Waals surface area contributed by atoms with Crippen molar-refractivity contribution in [2.75, 3.05) is 6.54 Å². The first-order valence-electron chi connectivity index (χ1n) is 10.7. The molecule has 1 aromatic heterocycles. The third-order valence-corrected chi connectivity index (χ3v) is 7.36. The monoisotopic (exact) mass is 524 g/mol. The Hall–Kier alpha value is -3.58. The average Bonchev–Trinajstić information content (AvgIpc) is 3.26.